The third-order valence-electron chi connectivity index (χ3n) is 4.95. The number of piperidine rings is 1. The van der Waals surface area contributed by atoms with E-state index in [1.807, 2.05) is 18.2 Å². The number of hydrogen-bond donors (Lipinski definition) is 1. The van der Waals surface area contributed by atoms with E-state index < -0.39 is 10.0 Å². The van der Waals surface area contributed by atoms with Crippen molar-refractivity contribution in [3.63, 3.8) is 0 Å². The number of aryl methyl sites for hydroxylation is 1. The Hall–Kier alpha value is -1.90. The minimum Gasteiger partial charge on any atom is -0.496 e. The van der Waals surface area contributed by atoms with E-state index >= 15 is 0 Å². The average Bonchev–Trinajstić information content (AvgIpc) is 2.73. The average molecular weight is 481 g/mol. The highest BCUT2D eigenvalue weighted by atomic mass is 79.9. The van der Waals surface area contributed by atoms with Gasteiger partial charge in [0.05, 0.1) is 16.5 Å². The van der Waals surface area contributed by atoms with E-state index in [1.165, 1.54) is 4.31 Å². The van der Waals surface area contributed by atoms with Crippen molar-refractivity contribution in [3.05, 3.63) is 52.5 Å². The molecule has 0 bridgehead atoms. The van der Waals surface area contributed by atoms with Crippen molar-refractivity contribution in [2.75, 3.05) is 25.5 Å². The molecular weight excluding hydrogens is 456 g/mol. The van der Waals surface area contributed by atoms with Crippen molar-refractivity contribution >= 4 is 37.5 Å². The maximum absolute atomic E-state index is 12.7. The van der Waals surface area contributed by atoms with Gasteiger partial charge in [-0.2, -0.15) is 4.31 Å². The molecule has 8 heteroatoms. The van der Waals surface area contributed by atoms with E-state index in [2.05, 4.69) is 21.2 Å². The first kappa shape index (κ1) is 21.8. The Labute approximate surface area is 180 Å². The van der Waals surface area contributed by atoms with Crippen LogP contribution in [0.25, 0.3) is 0 Å². The number of methoxy groups -OCH3 is 1. The van der Waals surface area contributed by atoms with Crippen molar-refractivity contribution < 1.29 is 17.9 Å². The van der Waals surface area contributed by atoms with Crippen molar-refractivity contribution in [2.45, 2.75) is 37.0 Å². The van der Waals surface area contributed by atoms with Crippen molar-refractivity contribution in [1.29, 1.82) is 0 Å². The van der Waals surface area contributed by atoms with E-state index in [9.17, 15) is 13.2 Å². The number of rotatable bonds is 7. The number of carbonyl (C=O) groups is 1. The van der Waals surface area contributed by atoms with Crippen LogP contribution in [0.15, 0.2) is 51.8 Å². The molecule has 29 heavy (non-hydrogen) atoms. The first-order chi connectivity index (χ1) is 13.9. The smallest absolute Gasteiger partial charge is 0.243 e. The van der Waals surface area contributed by atoms with Crippen molar-refractivity contribution in [3.8, 4) is 5.75 Å². The summed E-state index contributed by atoms with van der Waals surface area (Å²) in [6.45, 7) is 1.14. The lowest BCUT2D eigenvalue weighted by molar-refractivity contribution is -0.116. The van der Waals surface area contributed by atoms with Crippen LogP contribution in [-0.2, 0) is 21.2 Å². The number of anilines is 1. The van der Waals surface area contributed by atoms with E-state index in [4.69, 9.17) is 4.74 Å². The molecule has 3 rings (SSSR count). The quantitative estimate of drug-likeness (QED) is 0.643. The van der Waals surface area contributed by atoms with E-state index in [0.29, 0.717) is 31.6 Å². The summed E-state index contributed by atoms with van der Waals surface area (Å²) in [7, 11) is -1.85. The normalized spacial score (nSPS) is 15.1. The fraction of sp³-hybridized carbons (Fsp3) is 0.381. The molecule has 2 aromatic carbocycles. The largest absolute Gasteiger partial charge is 0.496 e. The van der Waals surface area contributed by atoms with Gasteiger partial charge in [0.2, 0.25) is 15.9 Å². The second kappa shape index (κ2) is 9.73. The number of nitrogens with one attached hydrogen (secondary N) is 1. The molecule has 2 aromatic rings. The molecule has 1 aliphatic rings. The van der Waals surface area contributed by atoms with Crippen LogP contribution in [0.4, 0.5) is 5.69 Å². The lowest BCUT2D eigenvalue weighted by Gasteiger charge is -2.25. The Balaban J connectivity index is 1.56. The molecule has 0 unspecified atom stereocenters. The van der Waals surface area contributed by atoms with Gasteiger partial charge in [-0.3, -0.25) is 4.79 Å². The molecule has 0 radical (unpaired) electrons. The zero-order valence-corrected chi connectivity index (χ0v) is 18.8. The molecule has 1 heterocycles. The SMILES string of the molecule is COc1ccc(CCC(=O)Nc2ccc(S(=O)(=O)N3CCCCC3)cc2)cc1Br. The highest BCUT2D eigenvalue weighted by Crippen LogP contribution is 2.26. The second-order valence-corrected chi connectivity index (χ2v) is 9.80. The molecule has 156 valence electrons. The van der Waals surface area contributed by atoms with Crippen LogP contribution in [0.1, 0.15) is 31.2 Å². The summed E-state index contributed by atoms with van der Waals surface area (Å²) in [6.07, 6.45) is 3.79. The molecule has 0 saturated carbocycles. The monoisotopic (exact) mass is 480 g/mol. The van der Waals surface area contributed by atoms with Crippen LogP contribution in [0.5, 0.6) is 5.75 Å². The molecule has 1 amide bonds. The van der Waals surface area contributed by atoms with Gasteiger partial charge >= 0.3 is 0 Å². The topological polar surface area (TPSA) is 75.7 Å². The van der Waals surface area contributed by atoms with E-state index in [1.54, 1.807) is 31.4 Å². The highest BCUT2D eigenvalue weighted by molar-refractivity contribution is 9.10. The maximum Gasteiger partial charge on any atom is 0.243 e. The van der Waals surface area contributed by atoms with E-state index in [0.717, 1.165) is 35.0 Å². The number of amides is 1. The first-order valence-electron chi connectivity index (χ1n) is 9.62. The third kappa shape index (κ3) is 5.58. The number of hydrogen-bond acceptors (Lipinski definition) is 4. The molecular formula is C21H25BrN2O4S. The minimum atomic E-state index is -3.46. The number of ether oxygens (including phenoxy) is 1. The summed E-state index contributed by atoms with van der Waals surface area (Å²) >= 11 is 3.44. The fourth-order valence-electron chi connectivity index (χ4n) is 3.31. The Kier molecular flexibility index (Phi) is 7.32. The zero-order chi connectivity index (χ0) is 20.9. The fourth-order valence-corrected chi connectivity index (χ4v) is 5.42. The van der Waals surface area contributed by atoms with Gasteiger partial charge in [0.25, 0.3) is 0 Å². The molecule has 6 nitrogen and oxygen atoms in total. The second-order valence-electron chi connectivity index (χ2n) is 7.01. The molecule has 1 fully saturated rings. The lowest BCUT2D eigenvalue weighted by Crippen LogP contribution is -2.35. The molecule has 0 atom stereocenters. The number of benzene rings is 2. The van der Waals surface area contributed by atoms with Crippen LogP contribution >= 0.6 is 15.9 Å². The summed E-state index contributed by atoms with van der Waals surface area (Å²) in [5, 5.41) is 2.82. The highest BCUT2D eigenvalue weighted by Gasteiger charge is 2.25. The number of sulfonamides is 1. The summed E-state index contributed by atoms with van der Waals surface area (Å²) in [4.78, 5) is 12.5. The summed E-state index contributed by atoms with van der Waals surface area (Å²) in [5.74, 6) is 0.626. The Morgan fingerprint density at radius 2 is 1.79 bits per heavy atom. The Morgan fingerprint density at radius 3 is 2.41 bits per heavy atom. The van der Waals surface area contributed by atoms with Crippen molar-refractivity contribution in [1.82, 2.24) is 4.31 Å². The molecule has 0 spiro atoms. The van der Waals surface area contributed by atoms with Crippen LogP contribution < -0.4 is 10.1 Å². The van der Waals surface area contributed by atoms with Gasteiger partial charge in [0.15, 0.2) is 0 Å². The van der Waals surface area contributed by atoms with Gasteiger partial charge in [0.1, 0.15) is 5.75 Å². The van der Waals surface area contributed by atoms with Crippen LogP contribution in [0.3, 0.4) is 0 Å². The Morgan fingerprint density at radius 1 is 1.10 bits per heavy atom. The van der Waals surface area contributed by atoms with Crippen LogP contribution in [0.2, 0.25) is 0 Å². The van der Waals surface area contributed by atoms with Gasteiger partial charge in [0, 0.05) is 25.2 Å². The summed E-state index contributed by atoms with van der Waals surface area (Å²) in [5.41, 5.74) is 1.61. The first-order valence-corrected chi connectivity index (χ1v) is 11.9. The molecule has 1 aliphatic heterocycles. The molecule has 1 N–H and O–H groups in total. The van der Waals surface area contributed by atoms with Gasteiger partial charge in [-0.25, -0.2) is 8.42 Å². The van der Waals surface area contributed by atoms with Crippen molar-refractivity contribution in [2.24, 2.45) is 0 Å². The minimum absolute atomic E-state index is 0.122. The van der Waals surface area contributed by atoms with Gasteiger partial charge in [-0.1, -0.05) is 12.5 Å². The number of nitrogens with zero attached hydrogens (tertiary/aromatic N) is 1. The van der Waals surface area contributed by atoms with Crippen LogP contribution in [0, 0.1) is 0 Å². The predicted molar refractivity (Wildman–Crippen MR) is 117 cm³/mol. The number of carbonyl (C=O) groups excluding carboxylic acids is 1. The standard InChI is InChI=1S/C21H25BrN2O4S/c1-28-20-11-5-16(15-19(20)22)6-12-21(25)23-17-7-9-18(10-8-17)29(26,27)24-13-3-2-4-14-24/h5,7-11,15H,2-4,6,12-14H2,1H3,(H,23,25). The summed E-state index contributed by atoms with van der Waals surface area (Å²) in [6, 6.07) is 12.1. The van der Waals surface area contributed by atoms with E-state index in [-0.39, 0.29) is 10.8 Å². The van der Waals surface area contributed by atoms with Gasteiger partial charge < -0.3 is 10.1 Å². The maximum atomic E-state index is 12.7. The molecule has 1 saturated heterocycles. The predicted octanol–water partition coefficient (Wildman–Crippen LogP) is 4.20. The molecule has 0 aliphatic carbocycles. The Bertz CT molecular complexity index is 955. The third-order valence-corrected chi connectivity index (χ3v) is 7.48. The number of halogens is 1. The zero-order valence-electron chi connectivity index (χ0n) is 16.4. The summed E-state index contributed by atoms with van der Waals surface area (Å²) < 4.78 is 33.0. The van der Waals surface area contributed by atoms with Gasteiger partial charge in [-0.05, 0) is 77.2 Å². The van der Waals surface area contributed by atoms with Gasteiger partial charge in [-0.15, -0.1) is 0 Å². The molecule has 0 aromatic heterocycles. The lowest BCUT2D eigenvalue weighted by atomic mass is 10.1. The van der Waals surface area contributed by atoms with Crippen LogP contribution in [-0.4, -0.2) is 38.8 Å².